The molecule has 282 valence electrons. The summed E-state index contributed by atoms with van der Waals surface area (Å²) in [5.74, 6) is -4.15. The van der Waals surface area contributed by atoms with Gasteiger partial charge < -0.3 is 36.4 Å². The molecule has 2 fully saturated rings. The van der Waals surface area contributed by atoms with Crippen molar-refractivity contribution in [3.8, 4) is 0 Å². The Morgan fingerprint density at radius 1 is 0.922 bits per heavy atom. The van der Waals surface area contributed by atoms with Crippen molar-refractivity contribution in [3.63, 3.8) is 0 Å². The second kappa shape index (κ2) is 15.8. The number of amides is 7. The molecule has 0 bridgehead atoms. The monoisotopic (exact) mass is 711 g/mol. The second-order valence-electron chi connectivity index (χ2n) is 16.6. The van der Waals surface area contributed by atoms with Crippen LogP contribution in [0.1, 0.15) is 86.8 Å². The first-order chi connectivity index (χ1) is 23.5. The highest BCUT2D eigenvalue weighted by atomic mass is 16.2. The number of hydrogen-bond acceptors (Lipinski definition) is 7. The summed E-state index contributed by atoms with van der Waals surface area (Å²) in [5.41, 5.74) is -0.907. The quantitative estimate of drug-likeness (QED) is 0.194. The van der Waals surface area contributed by atoms with Crippen molar-refractivity contribution >= 4 is 41.4 Å². The first-order valence-corrected chi connectivity index (χ1v) is 17.6. The highest BCUT2D eigenvalue weighted by molar-refractivity contribution is 6.38. The smallest absolute Gasteiger partial charge is 0.315 e. The van der Waals surface area contributed by atoms with Crippen LogP contribution in [0.25, 0.3) is 0 Å². The first-order valence-electron chi connectivity index (χ1n) is 17.6. The Labute approximate surface area is 301 Å². The Bertz CT molecular complexity index is 1500. The molecular formula is C37H57N7O7. The highest BCUT2D eigenvalue weighted by Crippen LogP contribution is 2.65. The number of piperidine rings is 1. The number of carbonyl (C=O) groups excluding carboxylic acids is 7. The SMILES string of the molecule is CCCC(NC(=O)[C@@H]1[C@@H]2[C@H](CN1C(=O)[C@@H](NC(=O)NC(C)(C)C)C(C)(C)C)C2(C)C)C(=O)C(=O)NCC(=O)N[C@H](C(=O)N(C)C)c1ccccc1. The number of nitrogens with one attached hydrogen (secondary N) is 5. The van der Waals surface area contributed by atoms with Crippen molar-refractivity contribution in [2.45, 2.75) is 105 Å². The van der Waals surface area contributed by atoms with E-state index in [1.807, 2.05) is 55.4 Å². The van der Waals surface area contributed by atoms with Gasteiger partial charge in [0.05, 0.1) is 12.6 Å². The summed E-state index contributed by atoms with van der Waals surface area (Å²) in [6, 6.07) is 4.06. The lowest BCUT2D eigenvalue weighted by Gasteiger charge is -2.38. The van der Waals surface area contributed by atoms with Crippen molar-refractivity contribution in [1.82, 2.24) is 36.4 Å². The van der Waals surface area contributed by atoms with Crippen LogP contribution in [0.15, 0.2) is 30.3 Å². The number of ketones is 1. The maximum Gasteiger partial charge on any atom is 0.315 e. The molecule has 14 heteroatoms. The van der Waals surface area contributed by atoms with E-state index in [2.05, 4.69) is 26.6 Å². The maximum absolute atomic E-state index is 14.1. The molecule has 7 amide bonds. The molecule has 1 aromatic carbocycles. The zero-order valence-electron chi connectivity index (χ0n) is 31.9. The lowest BCUT2D eigenvalue weighted by Crippen LogP contribution is -2.62. The Kier molecular flexibility index (Phi) is 12.7. The summed E-state index contributed by atoms with van der Waals surface area (Å²) in [6.45, 7) is 16.6. The fraction of sp³-hybridized carbons (Fsp3) is 0.649. The van der Waals surface area contributed by atoms with Crippen molar-refractivity contribution in [3.05, 3.63) is 35.9 Å². The third-order valence-electron chi connectivity index (χ3n) is 9.61. The average Bonchev–Trinajstić information content (AvgIpc) is 3.33. The number of rotatable bonds is 13. The molecule has 0 spiro atoms. The van der Waals surface area contributed by atoms with Crippen molar-refractivity contribution < 1.29 is 33.6 Å². The predicted molar refractivity (Wildman–Crippen MR) is 192 cm³/mol. The molecule has 1 heterocycles. The highest BCUT2D eigenvalue weighted by Gasteiger charge is 2.70. The molecule has 3 rings (SSSR count). The molecule has 1 unspecified atom stereocenters. The van der Waals surface area contributed by atoms with Gasteiger partial charge in [-0.15, -0.1) is 0 Å². The fourth-order valence-corrected chi connectivity index (χ4v) is 6.76. The molecule has 14 nitrogen and oxygen atoms in total. The van der Waals surface area contributed by atoms with Crippen LogP contribution >= 0.6 is 0 Å². The minimum Gasteiger partial charge on any atom is -0.347 e. The van der Waals surface area contributed by atoms with E-state index < -0.39 is 77.1 Å². The lowest BCUT2D eigenvalue weighted by atomic mass is 9.85. The van der Waals surface area contributed by atoms with Gasteiger partial charge in [0.1, 0.15) is 18.1 Å². The van der Waals surface area contributed by atoms with Crippen LogP contribution in [-0.4, -0.2) is 102 Å². The zero-order valence-corrected chi connectivity index (χ0v) is 31.9. The van der Waals surface area contributed by atoms with E-state index in [1.165, 1.54) is 9.80 Å². The summed E-state index contributed by atoms with van der Waals surface area (Å²) in [7, 11) is 3.12. The minimum atomic E-state index is -1.20. The Morgan fingerprint density at radius 3 is 2.06 bits per heavy atom. The van der Waals surface area contributed by atoms with Crippen LogP contribution in [0.4, 0.5) is 4.79 Å². The molecular weight excluding hydrogens is 654 g/mol. The summed E-state index contributed by atoms with van der Waals surface area (Å²) in [5, 5.41) is 13.3. The van der Waals surface area contributed by atoms with Gasteiger partial charge in [-0.1, -0.05) is 78.3 Å². The molecule has 0 radical (unpaired) electrons. The molecule has 1 aliphatic heterocycles. The summed E-state index contributed by atoms with van der Waals surface area (Å²) >= 11 is 0. The van der Waals surface area contributed by atoms with Gasteiger partial charge in [-0.05, 0) is 55.4 Å². The van der Waals surface area contributed by atoms with Crippen LogP contribution in [0.5, 0.6) is 0 Å². The number of likely N-dealkylation sites (tertiary alicyclic amines) is 1. The van der Waals surface area contributed by atoms with Gasteiger partial charge in [-0.3, -0.25) is 28.8 Å². The van der Waals surface area contributed by atoms with Crippen LogP contribution in [0, 0.1) is 22.7 Å². The Hall–Kier alpha value is -4.49. The summed E-state index contributed by atoms with van der Waals surface area (Å²) < 4.78 is 0. The van der Waals surface area contributed by atoms with Gasteiger partial charge in [0.2, 0.25) is 29.4 Å². The first kappa shape index (κ1) is 40.9. The van der Waals surface area contributed by atoms with Crippen LogP contribution in [0.3, 0.4) is 0 Å². The van der Waals surface area contributed by atoms with Crippen molar-refractivity contribution in [2.24, 2.45) is 22.7 Å². The molecule has 1 saturated heterocycles. The number of carbonyl (C=O) groups is 7. The number of fused-ring (bicyclic) bond motifs is 1. The van der Waals surface area contributed by atoms with Gasteiger partial charge in [0.15, 0.2) is 0 Å². The normalized spacial score (nSPS) is 20.8. The third-order valence-corrected chi connectivity index (χ3v) is 9.61. The molecule has 1 saturated carbocycles. The van der Waals surface area contributed by atoms with Crippen LogP contribution < -0.4 is 26.6 Å². The largest absolute Gasteiger partial charge is 0.347 e. The Morgan fingerprint density at radius 2 is 1.53 bits per heavy atom. The van der Waals surface area contributed by atoms with Crippen molar-refractivity contribution in [1.29, 1.82) is 0 Å². The topological polar surface area (TPSA) is 186 Å². The minimum absolute atomic E-state index is 0.0439. The van der Waals surface area contributed by atoms with Crippen molar-refractivity contribution in [2.75, 3.05) is 27.2 Å². The standard InChI is InChI=1S/C37H57N7O7/c1-12-16-23(28(46)31(48)38-19-24(45)40-26(32(49)43(10)11)21-17-14-13-15-18-21)39-30(47)27-25-22(37(25,8)9)20-44(27)33(50)29(35(2,3)4)41-34(51)42-36(5,6)7/h13-15,17-18,22-23,25-27,29H,12,16,19-20H2,1-11H3,(H,38,48)(H,39,47)(H,40,45)(H2,41,42,51)/t22-,23?,25-,26-,27-,29+/m0/s1. The van der Waals surface area contributed by atoms with Crippen LogP contribution in [0.2, 0.25) is 0 Å². The van der Waals surface area contributed by atoms with E-state index in [0.29, 0.717) is 18.5 Å². The number of hydrogen-bond donors (Lipinski definition) is 5. The molecule has 1 aliphatic carbocycles. The third kappa shape index (κ3) is 10.1. The fourth-order valence-electron chi connectivity index (χ4n) is 6.76. The molecule has 0 aromatic heterocycles. The molecule has 51 heavy (non-hydrogen) atoms. The number of Topliss-reactive ketones (excluding diaryl/α,β-unsaturated/α-hetero) is 1. The van der Waals surface area contributed by atoms with E-state index in [-0.39, 0.29) is 29.6 Å². The van der Waals surface area contributed by atoms with Gasteiger partial charge in [0, 0.05) is 26.2 Å². The molecule has 6 atom stereocenters. The molecule has 5 N–H and O–H groups in total. The predicted octanol–water partition coefficient (Wildman–Crippen LogP) is 1.90. The number of urea groups is 1. The maximum atomic E-state index is 14.1. The van der Waals surface area contributed by atoms with E-state index in [9.17, 15) is 33.6 Å². The summed E-state index contributed by atoms with van der Waals surface area (Å²) in [4.78, 5) is 95.9. The Balaban J connectivity index is 1.73. The average molecular weight is 712 g/mol. The van der Waals surface area contributed by atoms with E-state index in [4.69, 9.17) is 0 Å². The van der Waals surface area contributed by atoms with Gasteiger partial charge in [-0.25, -0.2) is 4.79 Å². The van der Waals surface area contributed by atoms with E-state index in [0.717, 1.165) is 0 Å². The van der Waals surface area contributed by atoms with Crippen LogP contribution in [-0.2, 0) is 28.8 Å². The zero-order chi connectivity index (χ0) is 38.6. The number of nitrogens with zero attached hydrogens (tertiary/aromatic N) is 2. The molecule has 1 aromatic rings. The number of likely N-dealkylation sites (N-methyl/N-ethyl adjacent to an activating group) is 1. The summed E-state index contributed by atoms with van der Waals surface area (Å²) in [6.07, 6.45) is 0.606. The lowest BCUT2D eigenvalue weighted by molar-refractivity contribution is -0.145. The van der Waals surface area contributed by atoms with E-state index >= 15 is 0 Å². The van der Waals surface area contributed by atoms with E-state index in [1.54, 1.807) is 51.4 Å². The van der Waals surface area contributed by atoms with Gasteiger partial charge >= 0.3 is 6.03 Å². The molecule has 2 aliphatic rings. The number of benzene rings is 1. The van der Waals surface area contributed by atoms with Gasteiger partial charge in [0.25, 0.3) is 5.91 Å². The van der Waals surface area contributed by atoms with Gasteiger partial charge in [-0.2, -0.15) is 0 Å². The second-order valence-corrected chi connectivity index (χ2v) is 16.6.